The van der Waals surface area contributed by atoms with E-state index in [4.69, 9.17) is 9.15 Å². The normalized spacial score (nSPS) is 10.1. The van der Waals surface area contributed by atoms with Gasteiger partial charge in [0.25, 0.3) is 5.91 Å². The van der Waals surface area contributed by atoms with Gasteiger partial charge in [0.2, 0.25) is 11.8 Å². The molecule has 0 unspecified atom stereocenters. The number of ether oxygens (including phenoxy) is 1. The van der Waals surface area contributed by atoms with E-state index < -0.39 is 0 Å². The molecule has 0 saturated carbocycles. The van der Waals surface area contributed by atoms with Gasteiger partial charge in [0.15, 0.2) is 6.61 Å². The summed E-state index contributed by atoms with van der Waals surface area (Å²) in [6.07, 6.45) is 1.61. The van der Waals surface area contributed by atoms with Gasteiger partial charge in [0.1, 0.15) is 5.75 Å². The first kappa shape index (κ1) is 13.8. The van der Waals surface area contributed by atoms with Crippen LogP contribution in [0.3, 0.4) is 0 Å². The topological polar surface area (TPSA) is 77.2 Å². The SMILES string of the molecule is C=CCNC(=O)COc1ccc(-c2nnc(C)o2)cc1. The van der Waals surface area contributed by atoms with Crippen molar-refractivity contribution in [3.05, 3.63) is 42.8 Å². The Balaban J connectivity index is 1.91. The molecule has 0 aliphatic rings. The van der Waals surface area contributed by atoms with Crippen LogP contribution in [0.15, 0.2) is 41.3 Å². The molecule has 2 aromatic rings. The largest absolute Gasteiger partial charge is 0.484 e. The van der Waals surface area contributed by atoms with Crippen LogP contribution in [-0.2, 0) is 4.79 Å². The van der Waals surface area contributed by atoms with E-state index in [0.717, 1.165) is 5.56 Å². The van der Waals surface area contributed by atoms with Crippen molar-refractivity contribution >= 4 is 5.91 Å². The summed E-state index contributed by atoms with van der Waals surface area (Å²) in [6, 6.07) is 7.08. The second-order valence-electron chi connectivity index (χ2n) is 4.03. The zero-order valence-electron chi connectivity index (χ0n) is 11.1. The second-order valence-corrected chi connectivity index (χ2v) is 4.03. The first-order valence-corrected chi connectivity index (χ1v) is 6.10. The molecule has 0 radical (unpaired) electrons. The van der Waals surface area contributed by atoms with Gasteiger partial charge in [-0.3, -0.25) is 4.79 Å². The van der Waals surface area contributed by atoms with Gasteiger partial charge in [-0.05, 0) is 24.3 Å². The Morgan fingerprint density at radius 1 is 1.40 bits per heavy atom. The van der Waals surface area contributed by atoms with E-state index in [1.165, 1.54) is 0 Å². The van der Waals surface area contributed by atoms with Crippen molar-refractivity contribution in [3.63, 3.8) is 0 Å². The fourth-order valence-electron chi connectivity index (χ4n) is 1.49. The molecule has 1 heterocycles. The van der Waals surface area contributed by atoms with E-state index >= 15 is 0 Å². The van der Waals surface area contributed by atoms with Crippen molar-refractivity contribution in [2.45, 2.75) is 6.92 Å². The average Bonchev–Trinajstić information content (AvgIpc) is 2.90. The fourth-order valence-corrected chi connectivity index (χ4v) is 1.49. The van der Waals surface area contributed by atoms with Crippen LogP contribution in [0.1, 0.15) is 5.89 Å². The minimum absolute atomic E-state index is 0.0349. The molecular formula is C14H15N3O3. The highest BCUT2D eigenvalue weighted by Gasteiger charge is 2.06. The number of nitrogens with zero attached hydrogens (tertiary/aromatic N) is 2. The molecule has 1 aromatic carbocycles. The monoisotopic (exact) mass is 273 g/mol. The minimum atomic E-state index is -0.193. The summed E-state index contributed by atoms with van der Waals surface area (Å²) in [4.78, 5) is 11.3. The number of amides is 1. The molecule has 6 nitrogen and oxygen atoms in total. The molecule has 104 valence electrons. The van der Waals surface area contributed by atoms with Crippen LogP contribution in [-0.4, -0.2) is 29.3 Å². The lowest BCUT2D eigenvalue weighted by molar-refractivity contribution is -0.122. The van der Waals surface area contributed by atoms with Crippen LogP contribution in [0, 0.1) is 6.92 Å². The predicted molar refractivity (Wildman–Crippen MR) is 73.2 cm³/mol. The molecule has 0 saturated heterocycles. The number of carbonyl (C=O) groups excluding carboxylic acids is 1. The van der Waals surface area contributed by atoms with Crippen LogP contribution in [0.25, 0.3) is 11.5 Å². The van der Waals surface area contributed by atoms with Crippen molar-refractivity contribution in [3.8, 4) is 17.2 Å². The van der Waals surface area contributed by atoms with Gasteiger partial charge in [-0.15, -0.1) is 16.8 Å². The van der Waals surface area contributed by atoms with E-state index in [1.807, 2.05) is 0 Å². The van der Waals surface area contributed by atoms with Crippen LogP contribution in [0.4, 0.5) is 0 Å². The number of nitrogens with one attached hydrogen (secondary N) is 1. The molecule has 20 heavy (non-hydrogen) atoms. The lowest BCUT2D eigenvalue weighted by atomic mass is 10.2. The maximum Gasteiger partial charge on any atom is 0.258 e. The molecule has 0 spiro atoms. The number of aromatic nitrogens is 2. The maximum absolute atomic E-state index is 11.3. The summed E-state index contributed by atoms with van der Waals surface area (Å²) in [6.45, 7) is 5.64. The summed E-state index contributed by atoms with van der Waals surface area (Å²) >= 11 is 0. The summed E-state index contributed by atoms with van der Waals surface area (Å²) in [5.74, 6) is 1.37. The molecule has 0 aliphatic heterocycles. The third-order valence-corrected chi connectivity index (χ3v) is 2.44. The van der Waals surface area contributed by atoms with E-state index in [1.54, 1.807) is 37.3 Å². The molecule has 2 rings (SSSR count). The van der Waals surface area contributed by atoms with Crippen molar-refractivity contribution in [2.24, 2.45) is 0 Å². The van der Waals surface area contributed by atoms with Crippen LogP contribution >= 0.6 is 0 Å². The van der Waals surface area contributed by atoms with E-state index in [0.29, 0.717) is 24.1 Å². The highest BCUT2D eigenvalue weighted by Crippen LogP contribution is 2.20. The molecule has 1 N–H and O–H groups in total. The lowest BCUT2D eigenvalue weighted by Crippen LogP contribution is -2.28. The standard InChI is InChI=1S/C14H15N3O3/c1-3-8-15-13(18)9-19-12-6-4-11(5-7-12)14-17-16-10(2)20-14/h3-7H,1,8-9H2,2H3,(H,15,18). The maximum atomic E-state index is 11.3. The molecule has 0 atom stereocenters. The van der Waals surface area contributed by atoms with Crippen molar-refractivity contribution in [2.75, 3.05) is 13.2 Å². The zero-order chi connectivity index (χ0) is 14.4. The second kappa shape index (κ2) is 6.51. The van der Waals surface area contributed by atoms with Gasteiger partial charge >= 0.3 is 0 Å². The first-order chi connectivity index (χ1) is 9.69. The van der Waals surface area contributed by atoms with Gasteiger partial charge in [-0.25, -0.2) is 0 Å². The average molecular weight is 273 g/mol. The number of rotatable bonds is 6. The fraction of sp³-hybridized carbons (Fsp3) is 0.214. The summed E-state index contributed by atoms with van der Waals surface area (Å²) in [5, 5.41) is 10.3. The van der Waals surface area contributed by atoms with Gasteiger partial charge in [-0.1, -0.05) is 6.08 Å². The van der Waals surface area contributed by atoms with Crippen LogP contribution in [0.5, 0.6) is 5.75 Å². The van der Waals surface area contributed by atoms with Gasteiger partial charge in [0.05, 0.1) is 0 Å². The number of carbonyl (C=O) groups is 1. The molecule has 1 aromatic heterocycles. The molecule has 1 amide bonds. The molecule has 0 fully saturated rings. The Kier molecular flexibility index (Phi) is 4.49. The number of hydrogen-bond acceptors (Lipinski definition) is 5. The van der Waals surface area contributed by atoms with Crippen molar-refractivity contribution in [1.82, 2.24) is 15.5 Å². The third kappa shape index (κ3) is 3.68. The Labute approximate surface area is 116 Å². The smallest absolute Gasteiger partial charge is 0.258 e. The third-order valence-electron chi connectivity index (χ3n) is 2.44. The molecule has 0 aliphatic carbocycles. The zero-order valence-corrected chi connectivity index (χ0v) is 11.1. The van der Waals surface area contributed by atoms with Gasteiger partial charge in [0, 0.05) is 19.0 Å². The molecular weight excluding hydrogens is 258 g/mol. The van der Waals surface area contributed by atoms with E-state index in [2.05, 4.69) is 22.1 Å². The quantitative estimate of drug-likeness (QED) is 0.811. The first-order valence-electron chi connectivity index (χ1n) is 6.10. The lowest BCUT2D eigenvalue weighted by Gasteiger charge is -2.06. The van der Waals surface area contributed by atoms with Crippen LogP contribution < -0.4 is 10.1 Å². The van der Waals surface area contributed by atoms with Crippen LogP contribution in [0.2, 0.25) is 0 Å². The summed E-state index contributed by atoms with van der Waals surface area (Å²) < 4.78 is 10.7. The minimum Gasteiger partial charge on any atom is -0.484 e. The summed E-state index contributed by atoms with van der Waals surface area (Å²) in [5.41, 5.74) is 0.800. The Hall–Kier alpha value is -2.63. The molecule has 0 bridgehead atoms. The van der Waals surface area contributed by atoms with E-state index in [-0.39, 0.29) is 12.5 Å². The van der Waals surface area contributed by atoms with Gasteiger partial charge in [-0.2, -0.15) is 0 Å². The molecule has 6 heteroatoms. The highest BCUT2D eigenvalue weighted by molar-refractivity contribution is 5.77. The number of benzene rings is 1. The Morgan fingerprint density at radius 2 is 2.15 bits per heavy atom. The van der Waals surface area contributed by atoms with Gasteiger partial charge < -0.3 is 14.5 Å². The van der Waals surface area contributed by atoms with E-state index in [9.17, 15) is 4.79 Å². The van der Waals surface area contributed by atoms with Crippen molar-refractivity contribution in [1.29, 1.82) is 0 Å². The Morgan fingerprint density at radius 3 is 2.75 bits per heavy atom. The summed E-state index contributed by atoms with van der Waals surface area (Å²) in [7, 11) is 0. The number of aryl methyl sites for hydroxylation is 1. The highest BCUT2D eigenvalue weighted by atomic mass is 16.5. The predicted octanol–water partition coefficient (Wildman–Crippen LogP) is 1.73. The Bertz CT molecular complexity index is 590. The number of hydrogen-bond donors (Lipinski definition) is 1. The van der Waals surface area contributed by atoms with Crippen molar-refractivity contribution < 1.29 is 13.9 Å².